The molecule has 1 N–H and O–H groups in total. The summed E-state index contributed by atoms with van der Waals surface area (Å²) in [7, 11) is 0. The van der Waals surface area contributed by atoms with Crippen molar-refractivity contribution < 1.29 is 5.11 Å². The van der Waals surface area contributed by atoms with Crippen LogP contribution in [0.4, 0.5) is 0 Å². The van der Waals surface area contributed by atoms with Gasteiger partial charge < -0.3 is 5.11 Å². The minimum atomic E-state index is 0.354. The van der Waals surface area contributed by atoms with E-state index < -0.39 is 0 Å². The third kappa shape index (κ3) is 1.81. The summed E-state index contributed by atoms with van der Waals surface area (Å²) in [4.78, 5) is 0. The molecular formula is C15H16O. The predicted molar refractivity (Wildman–Crippen MR) is 67.8 cm³/mol. The molecule has 16 heavy (non-hydrogen) atoms. The summed E-state index contributed by atoms with van der Waals surface area (Å²) >= 11 is 0. The van der Waals surface area contributed by atoms with Gasteiger partial charge in [-0.3, -0.25) is 0 Å². The van der Waals surface area contributed by atoms with Gasteiger partial charge in [0.1, 0.15) is 5.75 Å². The molecule has 1 nitrogen and oxygen atoms in total. The first-order valence-corrected chi connectivity index (χ1v) is 5.46. The minimum Gasteiger partial charge on any atom is -0.507 e. The number of hydrogen-bond donors (Lipinski definition) is 1. The number of hydrogen-bond acceptors (Lipinski definition) is 1. The van der Waals surface area contributed by atoms with Gasteiger partial charge in [-0.1, -0.05) is 35.9 Å². The van der Waals surface area contributed by atoms with Crippen molar-refractivity contribution in [1.82, 2.24) is 0 Å². The van der Waals surface area contributed by atoms with Crippen molar-refractivity contribution in [3.8, 4) is 16.9 Å². The van der Waals surface area contributed by atoms with E-state index in [0.29, 0.717) is 5.75 Å². The molecule has 0 amide bonds. The number of rotatable bonds is 1. The first kappa shape index (κ1) is 10.7. The largest absolute Gasteiger partial charge is 0.507 e. The van der Waals surface area contributed by atoms with Crippen LogP contribution in [0.3, 0.4) is 0 Å². The lowest BCUT2D eigenvalue weighted by molar-refractivity contribution is 0.477. The summed E-state index contributed by atoms with van der Waals surface area (Å²) in [6.07, 6.45) is 0. The highest BCUT2D eigenvalue weighted by Crippen LogP contribution is 2.34. The predicted octanol–water partition coefficient (Wildman–Crippen LogP) is 3.98. The lowest BCUT2D eigenvalue weighted by atomic mass is 9.95. The van der Waals surface area contributed by atoms with Crippen LogP contribution in [-0.4, -0.2) is 5.11 Å². The Hall–Kier alpha value is -1.76. The lowest BCUT2D eigenvalue weighted by Gasteiger charge is -2.11. The van der Waals surface area contributed by atoms with E-state index in [-0.39, 0.29) is 0 Å². The first-order valence-electron chi connectivity index (χ1n) is 5.46. The average molecular weight is 212 g/mol. The Morgan fingerprint density at radius 3 is 2.25 bits per heavy atom. The molecule has 2 aromatic rings. The number of aryl methyl sites for hydroxylation is 3. The molecule has 82 valence electrons. The van der Waals surface area contributed by atoms with Gasteiger partial charge in [-0.05, 0) is 43.5 Å². The van der Waals surface area contributed by atoms with Gasteiger partial charge in [0.05, 0.1) is 0 Å². The monoisotopic (exact) mass is 212 g/mol. The Kier molecular flexibility index (Phi) is 2.69. The van der Waals surface area contributed by atoms with Gasteiger partial charge >= 0.3 is 0 Å². The summed E-state index contributed by atoms with van der Waals surface area (Å²) in [6, 6.07) is 11.9. The zero-order valence-electron chi connectivity index (χ0n) is 9.91. The fraction of sp³-hybridized carbons (Fsp3) is 0.200. The maximum atomic E-state index is 9.94. The van der Waals surface area contributed by atoms with Gasteiger partial charge in [-0.2, -0.15) is 0 Å². The molecular weight excluding hydrogens is 196 g/mol. The van der Waals surface area contributed by atoms with Crippen LogP contribution in [-0.2, 0) is 0 Å². The van der Waals surface area contributed by atoms with Crippen molar-refractivity contribution in [2.24, 2.45) is 0 Å². The smallest absolute Gasteiger partial charge is 0.123 e. The van der Waals surface area contributed by atoms with Crippen LogP contribution in [0.2, 0.25) is 0 Å². The van der Waals surface area contributed by atoms with Crippen molar-refractivity contribution in [2.45, 2.75) is 20.8 Å². The van der Waals surface area contributed by atoms with E-state index in [1.807, 2.05) is 19.1 Å². The van der Waals surface area contributed by atoms with E-state index in [0.717, 1.165) is 16.7 Å². The van der Waals surface area contributed by atoms with Crippen molar-refractivity contribution in [1.29, 1.82) is 0 Å². The van der Waals surface area contributed by atoms with Crippen molar-refractivity contribution >= 4 is 0 Å². The molecule has 0 saturated carbocycles. The maximum Gasteiger partial charge on any atom is 0.123 e. The molecule has 2 aromatic carbocycles. The van der Waals surface area contributed by atoms with E-state index >= 15 is 0 Å². The SMILES string of the molecule is Cc1ccc(-c2c(C)cccc2O)c(C)c1. The molecule has 0 aliphatic heterocycles. The Morgan fingerprint density at radius 1 is 0.875 bits per heavy atom. The fourth-order valence-electron chi connectivity index (χ4n) is 2.10. The fourth-order valence-corrected chi connectivity index (χ4v) is 2.10. The van der Waals surface area contributed by atoms with E-state index in [9.17, 15) is 5.11 Å². The molecule has 2 rings (SSSR count). The number of aromatic hydroxyl groups is 1. The maximum absolute atomic E-state index is 9.94. The molecule has 0 heterocycles. The zero-order valence-corrected chi connectivity index (χ0v) is 9.91. The number of benzene rings is 2. The van der Waals surface area contributed by atoms with Crippen molar-refractivity contribution in [3.05, 3.63) is 53.1 Å². The van der Waals surface area contributed by atoms with Gasteiger partial charge in [0.2, 0.25) is 0 Å². The second kappa shape index (κ2) is 4.01. The Bertz CT molecular complexity index is 507. The van der Waals surface area contributed by atoms with Crippen LogP contribution >= 0.6 is 0 Å². The third-order valence-corrected chi connectivity index (χ3v) is 2.90. The molecule has 1 heteroatoms. The topological polar surface area (TPSA) is 20.2 Å². The summed E-state index contributed by atoms with van der Waals surface area (Å²) in [5.74, 6) is 0.354. The molecule has 0 aromatic heterocycles. The molecule has 0 aliphatic rings. The second-order valence-corrected chi connectivity index (χ2v) is 4.29. The van der Waals surface area contributed by atoms with Crippen molar-refractivity contribution in [3.63, 3.8) is 0 Å². The third-order valence-electron chi connectivity index (χ3n) is 2.90. The van der Waals surface area contributed by atoms with Gasteiger partial charge in [0, 0.05) is 5.56 Å². The lowest BCUT2D eigenvalue weighted by Crippen LogP contribution is -1.88. The molecule has 0 fully saturated rings. The molecule has 0 atom stereocenters. The van der Waals surface area contributed by atoms with Gasteiger partial charge in [0.15, 0.2) is 0 Å². The summed E-state index contributed by atoms with van der Waals surface area (Å²) < 4.78 is 0. The Labute approximate surface area is 96.4 Å². The number of phenolic OH excluding ortho intramolecular Hbond substituents is 1. The quantitative estimate of drug-likeness (QED) is 0.758. The molecule has 0 unspecified atom stereocenters. The van der Waals surface area contributed by atoms with Gasteiger partial charge in [0.25, 0.3) is 0 Å². The van der Waals surface area contributed by atoms with Gasteiger partial charge in [-0.25, -0.2) is 0 Å². The van der Waals surface area contributed by atoms with Crippen LogP contribution in [0.1, 0.15) is 16.7 Å². The van der Waals surface area contributed by atoms with Crippen molar-refractivity contribution in [2.75, 3.05) is 0 Å². The summed E-state index contributed by atoms with van der Waals surface area (Å²) in [5, 5.41) is 9.94. The van der Waals surface area contributed by atoms with E-state index in [2.05, 4.69) is 32.0 Å². The molecule has 0 radical (unpaired) electrons. The standard InChI is InChI=1S/C15H16O/c1-10-7-8-13(12(3)9-10)15-11(2)5-4-6-14(15)16/h4-9,16H,1-3H3. The van der Waals surface area contributed by atoms with Crippen LogP contribution < -0.4 is 0 Å². The van der Waals surface area contributed by atoms with Gasteiger partial charge in [-0.15, -0.1) is 0 Å². The molecule has 0 aliphatic carbocycles. The first-order chi connectivity index (χ1) is 7.59. The zero-order chi connectivity index (χ0) is 11.7. The average Bonchev–Trinajstić information content (AvgIpc) is 2.20. The molecule has 0 bridgehead atoms. The Morgan fingerprint density at radius 2 is 1.62 bits per heavy atom. The van der Waals surface area contributed by atoms with Crippen LogP contribution in [0.5, 0.6) is 5.75 Å². The van der Waals surface area contributed by atoms with Crippen LogP contribution in [0, 0.1) is 20.8 Å². The normalized spacial score (nSPS) is 10.4. The van der Waals surface area contributed by atoms with E-state index in [1.54, 1.807) is 6.07 Å². The Balaban J connectivity index is 2.68. The highest BCUT2D eigenvalue weighted by molar-refractivity contribution is 5.76. The van der Waals surface area contributed by atoms with Crippen LogP contribution in [0.25, 0.3) is 11.1 Å². The molecule has 0 saturated heterocycles. The summed E-state index contributed by atoms with van der Waals surface area (Å²) in [5.41, 5.74) is 5.60. The van der Waals surface area contributed by atoms with Crippen LogP contribution in [0.15, 0.2) is 36.4 Å². The van der Waals surface area contributed by atoms with E-state index in [4.69, 9.17) is 0 Å². The second-order valence-electron chi connectivity index (χ2n) is 4.29. The summed E-state index contributed by atoms with van der Waals surface area (Å²) in [6.45, 7) is 6.18. The minimum absolute atomic E-state index is 0.354. The number of phenols is 1. The highest BCUT2D eigenvalue weighted by atomic mass is 16.3. The van der Waals surface area contributed by atoms with E-state index in [1.165, 1.54) is 11.1 Å². The highest BCUT2D eigenvalue weighted by Gasteiger charge is 2.09. The molecule has 0 spiro atoms.